The standard InChI is InChI=1S/C9H13F3N2OS/c1-6(13)2-7-4-16-8(14-7)3-15-5-9(10,11)12/h4,6H,2-3,5,13H2,1H3. The molecule has 0 radical (unpaired) electrons. The molecule has 0 aliphatic rings. The zero-order valence-corrected chi connectivity index (χ0v) is 9.57. The maximum atomic E-state index is 11.8. The zero-order valence-electron chi connectivity index (χ0n) is 8.75. The lowest BCUT2D eigenvalue weighted by atomic mass is 10.2. The Balaban J connectivity index is 2.35. The second-order valence-electron chi connectivity index (χ2n) is 3.52. The summed E-state index contributed by atoms with van der Waals surface area (Å²) in [6.07, 6.45) is -3.67. The molecular weight excluding hydrogens is 241 g/mol. The minimum atomic E-state index is -4.29. The number of nitrogens with zero attached hydrogens (tertiary/aromatic N) is 1. The third kappa shape index (κ3) is 5.43. The number of ether oxygens (including phenoxy) is 1. The van der Waals surface area contributed by atoms with E-state index in [0.29, 0.717) is 11.4 Å². The van der Waals surface area contributed by atoms with Crippen molar-refractivity contribution in [2.75, 3.05) is 6.61 Å². The third-order valence-electron chi connectivity index (χ3n) is 1.62. The van der Waals surface area contributed by atoms with Crippen LogP contribution in [0.1, 0.15) is 17.6 Å². The lowest BCUT2D eigenvalue weighted by molar-refractivity contribution is -0.176. The van der Waals surface area contributed by atoms with Crippen LogP contribution in [-0.4, -0.2) is 23.8 Å². The van der Waals surface area contributed by atoms with Crippen LogP contribution in [0.5, 0.6) is 0 Å². The average Bonchev–Trinajstić information content (AvgIpc) is 2.49. The lowest BCUT2D eigenvalue weighted by Gasteiger charge is -2.05. The van der Waals surface area contributed by atoms with Gasteiger partial charge in [-0.15, -0.1) is 11.3 Å². The van der Waals surface area contributed by atoms with Crippen molar-refractivity contribution in [2.45, 2.75) is 32.2 Å². The fourth-order valence-electron chi connectivity index (χ4n) is 1.09. The van der Waals surface area contributed by atoms with Crippen molar-refractivity contribution in [3.8, 4) is 0 Å². The van der Waals surface area contributed by atoms with Crippen LogP contribution in [0, 0.1) is 0 Å². The van der Waals surface area contributed by atoms with Crippen LogP contribution < -0.4 is 5.73 Å². The fourth-order valence-corrected chi connectivity index (χ4v) is 1.84. The van der Waals surface area contributed by atoms with Crippen molar-refractivity contribution in [2.24, 2.45) is 5.73 Å². The molecule has 2 N–H and O–H groups in total. The van der Waals surface area contributed by atoms with Crippen molar-refractivity contribution in [1.82, 2.24) is 4.98 Å². The summed E-state index contributed by atoms with van der Waals surface area (Å²) in [5.74, 6) is 0. The number of hydrogen-bond acceptors (Lipinski definition) is 4. The zero-order chi connectivity index (χ0) is 12.2. The molecule has 0 aliphatic carbocycles. The maximum absolute atomic E-state index is 11.8. The third-order valence-corrected chi connectivity index (χ3v) is 2.49. The van der Waals surface area contributed by atoms with E-state index in [0.717, 1.165) is 5.69 Å². The van der Waals surface area contributed by atoms with Crippen molar-refractivity contribution in [3.05, 3.63) is 16.1 Å². The molecular formula is C9H13F3N2OS. The first-order chi connectivity index (χ1) is 7.37. The van der Waals surface area contributed by atoms with Gasteiger partial charge in [0.1, 0.15) is 11.6 Å². The average molecular weight is 254 g/mol. The Morgan fingerprint density at radius 3 is 2.81 bits per heavy atom. The minimum Gasteiger partial charge on any atom is -0.365 e. The molecule has 0 bridgehead atoms. The maximum Gasteiger partial charge on any atom is 0.411 e. The summed E-state index contributed by atoms with van der Waals surface area (Å²) in [6, 6.07) is -0.00829. The van der Waals surface area contributed by atoms with Gasteiger partial charge in [-0.05, 0) is 6.92 Å². The summed E-state index contributed by atoms with van der Waals surface area (Å²) in [5, 5.41) is 2.33. The highest BCUT2D eigenvalue weighted by Crippen LogP contribution is 2.17. The van der Waals surface area contributed by atoms with E-state index in [1.54, 1.807) is 5.38 Å². The van der Waals surface area contributed by atoms with Crippen LogP contribution in [0.15, 0.2) is 5.38 Å². The van der Waals surface area contributed by atoms with Crippen LogP contribution in [0.3, 0.4) is 0 Å². The van der Waals surface area contributed by atoms with Crippen molar-refractivity contribution < 1.29 is 17.9 Å². The van der Waals surface area contributed by atoms with Gasteiger partial charge in [0.2, 0.25) is 0 Å². The normalized spacial score (nSPS) is 14.1. The minimum absolute atomic E-state index is 0.00829. The van der Waals surface area contributed by atoms with Gasteiger partial charge >= 0.3 is 6.18 Å². The summed E-state index contributed by atoms with van der Waals surface area (Å²) < 4.78 is 39.8. The van der Waals surface area contributed by atoms with E-state index < -0.39 is 12.8 Å². The first-order valence-corrected chi connectivity index (χ1v) is 5.58. The molecule has 0 saturated heterocycles. The molecule has 3 nitrogen and oxygen atoms in total. The monoisotopic (exact) mass is 254 g/mol. The van der Waals surface area contributed by atoms with Crippen molar-refractivity contribution >= 4 is 11.3 Å². The number of aromatic nitrogens is 1. The van der Waals surface area contributed by atoms with Gasteiger partial charge in [0, 0.05) is 17.8 Å². The van der Waals surface area contributed by atoms with Gasteiger partial charge in [-0.2, -0.15) is 13.2 Å². The van der Waals surface area contributed by atoms with Gasteiger partial charge in [-0.3, -0.25) is 0 Å². The lowest BCUT2D eigenvalue weighted by Crippen LogP contribution is -2.18. The smallest absolute Gasteiger partial charge is 0.365 e. The molecule has 0 spiro atoms. The second-order valence-corrected chi connectivity index (χ2v) is 4.46. The molecule has 7 heteroatoms. The summed E-state index contributed by atoms with van der Waals surface area (Å²) in [6.45, 7) is 0.498. The highest BCUT2D eigenvalue weighted by atomic mass is 32.1. The van der Waals surface area contributed by atoms with Gasteiger partial charge in [-0.25, -0.2) is 4.98 Å². The van der Waals surface area contributed by atoms with E-state index >= 15 is 0 Å². The van der Waals surface area contributed by atoms with Gasteiger partial charge < -0.3 is 10.5 Å². The number of rotatable bonds is 5. The van der Waals surface area contributed by atoms with Crippen LogP contribution in [-0.2, 0) is 17.8 Å². The molecule has 1 atom stereocenters. The molecule has 1 aromatic heterocycles. The van der Waals surface area contributed by atoms with Gasteiger partial charge in [0.05, 0.1) is 12.3 Å². The summed E-state index contributed by atoms with van der Waals surface area (Å²) >= 11 is 1.28. The van der Waals surface area contributed by atoms with E-state index in [1.165, 1.54) is 11.3 Å². The largest absolute Gasteiger partial charge is 0.411 e. The molecule has 92 valence electrons. The molecule has 0 aliphatic heterocycles. The first kappa shape index (κ1) is 13.4. The van der Waals surface area contributed by atoms with E-state index in [-0.39, 0.29) is 12.6 Å². The molecule has 1 aromatic rings. The Labute approximate surface area is 95.4 Å². The van der Waals surface area contributed by atoms with Gasteiger partial charge in [-0.1, -0.05) is 0 Å². The van der Waals surface area contributed by atoms with E-state index in [1.807, 2.05) is 6.92 Å². The molecule has 16 heavy (non-hydrogen) atoms. The van der Waals surface area contributed by atoms with Crippen molar-refractivity contribution in [3.63, 3.8) is 0 Å². The summed E-state index contributed by atoms with van der Waals surface area (Å²) in [4.78, 5) is 4.12. The van der Waals surface area contributed by atoms with Gasteiger partial charge in [0.15, 0.2) is 0 Å². The van der Waals surface area contributed by atoms with E-state index in [2.05, 4.69) is 9.72 Å². The number of thiazole rings is 1. The molecule has 1 rings (SSSR count). The predicted molar refractivity (Wildman–Crippen MR) is 55.2 cm³/mol. The van der Waals surface area contributed by atoms with Crippen LogP contribution >= 0.6 is 11.3 Å². The molecule has 0 saturated carbocycles. The molecule has 0 amide bonds. The number of alkyl halides is 3. The molecule has 1 unspecified atom stereocenters. The Kier molecular flexibility index (Phi) is 4.69. The number of halogens is 3. The van der Waals surface area contributed by atoms with Crippen molar-refractivity contribution in [1.29, 1.82) is 0 Å². The Bertz CT molecular complexity index is 325. The molecule has 0 fully saturated rings. The first-order valence-electron chi connectivity index (χ1n) is 4.70. The Hall–Kier alpha value is -0.660. The highest BCUT2D eigenvalue weighted by molar-refractivity contribution is 7.09. The van der Waals surface area contributed by atoms with Crippen LogP contribution in [0.2, 0.25) is 0 Å². The summed E-state index contributed by atoms with van der Waals surface area (Å²) in [5.41, 5.74) is 6.37. The Morgan fingerprint density at radius 2 is 2.25 bits per heavy atom. The van der Waals surface area contributed by atoms with Crippen LogP contribution in [0.25, 0.3) is 0 Å². The predicted octanol–water partition coefficient (Wildman–Crippen LogP) is 2.11. The molecule has 0 aromatic carbocycles. The topological polar surface area (TPSA) is 48.1 Å². The van der Waals surface area contributed by atoms with Gasteiger partial charge in [0.25, 0.3) is 0 Å². The van der Waals surface area contributed by atoms with E-state index in [4.69, 9.17) is 5.73 Å². The Morgan fingerprint density at radius 1 is 1.56 bits per heavy atom. The number of hydrogen-bond donors (Lipinski definition) is 1. The number of nitrogens with two attached hydrogens (primary N) is 1. The SMILES string of the molecule is CC(N)Cc1csc(COCC(F)(F)F)n1. The van der Waals surface area contributed by atoms with E-state index in [9.17, 15) is 13.2 Å². The quantitative estimate of drug-likeness (QED) is 0.875. The fraction of sp³-hybridized carbons (Fsp3) is 0.667. The van der Waals surface area contributed by atoms with Crippen LogP contribution in [0.4, 0.5) is 13.2 Å². The summed E-state index contributed by atoms with van der Waals surface area (Å²) in [7, 11) is 0. The second kappa shape index (κ2) is 5.60. The molecule has 1 heterocycles. The highest BCUT2D eigenvalue weighted by Gasteiger charge is 2.27.